The lowest BCUT2D eigenvalue weighted by atomic mass is 10.3. The second-order valence-corrected chi connectivity index (χ2v) is 6.46. The highest BCUT2D eigenvalue weighted by atomic mass is 32.2. The van der Waals surface area contributed by atoms with Gasteiger partial charge in [-0.3, -0.25) is 4.79 Å². The molecule has 7 nitrogen and oxygen atoms in total. The van der Waals surface area contributed by atoms with Gasteiger partial charge in [0.2, 0.25) is 10.0 Å². The molecule has 0 bridgehead atoms. The summed E-state index contributed by atoms with van der Waals surface area (Å²) >= 11 is 0. The predicted molar refractivity (Wildman–Crippen MR) is 79.6 cm³/mol. The summed E-state index contributed by atoms with van der Waals surface area (Å²) in [7, 11) is -3.55. The van der Waals surface area contributed by atoms with E-state index in [1.807, 2.05) is 0 Å². The Kier molecular flexibility index (Phi) is 6.86. The van der Waals surface area contributed by atoms with Gasteiger partial charge in [-0.15, -0.1) is 0 Å². The standard InChI is InChI=1S/C13H23N3O4S/c1-3-16(4-2)21(19,20)11-9-12(15-10-11)13(18)14-7-5-6-8-17/h9-10,15,17H,3-8H2,1-2H3,(H,14,18). The molecule has 0 aliphatic carbocycles. The molecule has 0 aromatic carbocycles. The largest absolute Gasteiger partial charge is 0.396 e. The number of hydrogen-bond acceptors (Lipinski definition) is 4. The molecule has 3 N–H and O–H groups in total. The third-order valence-electron chi connectivity index (χ3n) is 3.11. The Balaban J connectivity index is 2.74. The molecule has 0 atom stereocenters. The van der Waals surface area contributed by atoms with Crippen molar-refractivity contribution < 1.29 is 18.3 Å². The first-order chi connectivity index (χ1) is 9.97. The van der Waals surface area contributed by atoms with Gasteiger partial charge in [0.05, 0.1) is 0 Å². The zero-order valence-corrected chi connectivity index (χ0v) is 13.2. The summed E-state index contributed by atoms with van der Waals surface area (Å²) in [5.41, 5.74) is 0.213. The third kappa shape index (κ3) is 4.55. The highest BCUT2D eigenvalue weighted by molar-refractivity contribution is 7.89. The Hall–Kier alpha value is -1.38. The molecular formula is C13H23N3O4S. The second-order valence-electron chi connectivity index (χ2n) is 4.52. The van der Waals surface area contributed by atoms with E-state index in [0.717, 1.165) is 0 Å². The van der Waals surface area contributed by atoms with Gasteiger partial charge in [0.25, 0.3) is 5.91 Å². The Bertz CT molecular complexity index is 550. The van der Waals surface area contributed by atoms with Gasteiger partial charge in [0.15, 0.2) is 0 Å². The molecule has 0 aliphatic rings. The monoisotopic (exact) mass is 317 g/mol. The molecule has 0 unspecified atom stereocenters. The van der Waals surface area contributed by atoms with E-state index in [0.29, 0.717) is 32.5 Å². The van der Waals surface area contributed by atoms with Crippen molar-refractivity contribution >= 4 is 15.9 Å². The van der Waals surface area contributed by atoms with Crippen LogP contribution in [0.4, 0.5) is 0 Å². The first-order valence-electron chi connectivity index (χ1n) is 7.05. The highest BCUT2D eigenvalue weighted by Crippen LogP contribution is 2.16. The molecule has 1 aromatic rings. The number of amides is 1. The van der Waals surface area contributed by atoms with E-state index in [1.54, 1.807) is 13.8 Å². The quantitative estimate of drug-likeness (QED) is 0.579. The second kappa shape index (κ2) is 8.16. The number of aromatic nitrogens is 1. The number of aliphatic hydroxyl groups excluding tert-OH is 1. The fourth-order valence-electron chi connectivity index (χ4n) is 1.90. The lowest BCUT2D eigenvalue weighted by Crippen LogP contribution is -2.30. The van der Waals surface area contributed by atoms with Crippen LogP contribution in [0, 0.1) is 0 Å². The zero-order valence-electron chi connectivity index (χ0n) is 12.4. The first kappa shape index (κ1) is 17.7. The molecule has 120 valence electrons. The lowest BCUT2D eigenvalue weighted by molar-refractivity contribution is 0.0947. The topological polar surface area (TPSA) is 103 Å². The van der Waals surface area contributed by atoms with E-state index in [9.17, 15) is 13.2 Å². The molecule has 0 spiro atoms. The van der Waals surface area contributed by atoms with E-state index in [1.165, 1.54) is 16.6 Å². The lowest BCUT2D eigenvalue weighted by Gasteiger charge is -2.16. The van der Waals surface area contributed by atoms with Crippen LogP contribution in [0.3, 0.4) is 0 Å². The van der Waals surface area contributed by atoms with Crippen LogP contribution < -0.4 is 5.32 Å². The minimum absolute atomic E-state index is 0.0879. The number of carbonyl (C=O) groups is 1. The number of unbranched alkanes of at least 4 members (excludes halogenated alkanes) is 1. The molecule has 1 rings (SSSR count). The Labute approximate surface area is 125 Å². The van der Waals surface area contributed by atoms with Gasteiger partial charge >= 0.3 is 0 Å². The molecule has 0 saturated carbocycles. The fourth-order valence-corrected chi connectivity index (χ4v) is 3.35. The van der Waals surface area contributed by atoms with Gasteiger partial charge in [0, 0.05) is 32.4 Å². The number of rotatable bonds is 9. The van der Waals surface area contributed by atoms with Crippen molar-refractivity contribution in [1.29, 1.82) is 0 Å². The average Bonchev–Trinajstić information content (AvgIpc) is 2.95. The molecule has 0 radical (unpaired) electrons. The first-order valence-corrected chi connectivity index (χ1v) is 8.49. The van der Waals surface area contributed by atoms with Gasteiger partial charge in [-0.05, 0) is 18.9 Å². The van der Waals surface area contributed by atoms with Crippen molar-refractivity contribution in [3.05, 3.63) is 18.0 Å². The number of H-pyrrole nitrogens is 1. The summed E-state index contributed by atoms with van der Waals surface area (Å²) in [6.45, 7) is 4.82. The van der Waals surface area contributed by atoms with Crippen LogP contribution in [-0.4, -0.2) is 55.0 Å². The summed E-state index contributed by atoms with van der Waals surface area (Å²) in [6.07, 6.45) is 2.62. The third-order valence-corrected chi connectivity index (χ3v) is 5.14. The minimum Gasteiger partial charge on any atom is -0.396 e. The summed E-state index contributed by atoms with van der Waals surface area (Å²) in [6, 6.07) is 1.34. The van der Waals surface area contributed by atoms with Crippen LogP contribution in [-0.2, 0) is 10.0 Å². The normalized spacial score (nSPS) is 11.8. The van der Waals surface area contributed by atoms with Crippen molar-refractivity contribution in [2.45, 2.75) is 31.6 Å². The van der Waals surface area contributed by atoms with E-state index in [-0.39, 0.29) is 23.1 Å². The average molecular weight is 317 g/mol. The summed E-state index contributed by atoms with van der Waals surface area (Å²) in [4.78, 5) is 14.6. The van der Waals surface area contributed by atoms with Crippen molar-refractivity contribution in [3.63, 3.8) is 0 Å². The molecule has 1 amide bonds. The molecule has 21 heavy (non-hydrogen) atoms. The van der Waals surface area contributed by atoms with Gasteiger partial charge in [-0.1, -0.05) is 13.8 Å². The maximum absolute atomic E-state index is 12.3. The number of nitrogens with one attached hydrogen (secondary N) is 2. The van der Waals surface area contributed by atoms with Crippen molar-refractivity contribution in [2.75, 3.05) is 26.2 Å². The summed E-state index contributed by atoms with van der Waals surface area (Å²) in [5.74, 6) is -0.353. The van der Waals surface area contributed by atoms with E-state index < -0.39 is 10.0 Å². The number of aromatic amines is 1. The minimum atomic E-state index is -3.55. The highest BCUT2D eigenvalue weighted by Gasteiger charge is 2.23. The van der Waals surface area contributed by atoms with Crippen LogP contribution in [0.15, 0.2) is 17.2 Å². The summed E-state index contributed by atoms with van der Waals surface area (Å²) in [5, 5.41) is 11.3. The predicted octanol–water partition coefficient (Wildman–Crippen LogP) is 0.548. The molecule has 1 heterocycles. The number of sulfonamides is 1. The van der Waals surface area contributed by atoms with Crippen LogP contribution in [0.5, 0.6) is 0 Å². The number of carbonyl (C=O) groups excluding carboxylic acids is 1. The maximum atomic E-state index is 12.3. The Morgan fingerprint density at radius 3 is 2.57 bits per heavy atom. The molecule has 0 fully saturated rings. The number of hydrogen-bond donors (Lipinski definition) is 3. The van der Waals surface area contributed by atoms with E-state index in [4.69, 9.17) is 5.11 Å². The number of aliphatic hydroxyl groups is 1. The maximum Gasteiger partial charge on any atom is 0.267 e. The van der Waals surface area contributed by atoms with Crippen molar-refractivity contribution in [2.24, 2.45) is 0 Å². The van der Waals surface area contributed by atoms with E-state index in [2.05, 4.69) is 10.3 Å². The zero-order chi connectivity index (χ0) is 15.9. The van der Waals surface area contributed by atoms with Gasteiger partial charge in [-0.25, -0.2) is 8.42 Å². The van der Waals surface area contributed by atoms with Crippen LogP contribution >= 0.6 is 0 Å². The van der Waals surface area contributed by atoms with Gasteiger partial charge in [-0.2, -0.15) is 4.31 Å². The molecule has 0 saturated heterocycles. The summed E-state index contributed by atoms with van der Waals surface area (Å²) < 4.78 is 25.9. The fraction of sp³-hybridized carbons (Fsp3) is 0.615. The van der Waals surface area contributed by atoms with Crippen molar-refractivity contribution in [1.82, 2.24) is 14.6 Å². The van der Waals surface area contributed by atoms with Gasteiger partial charge < -0.3 is 15.4 Å². The molecule has 1 aromatic heterocycles. The van der Waals surface area contributed by atoms with Crippen LogP contribution in [0.2, 0.25) is 0 Å². The smallest absolute Gasteiger partial charge is 0.267 e. The van der Waals surface area contributed by atoms with Crippen LogP contribution in [0.1, 0.15) is 37.2 Å². The SMILES string of the molecule is CCN(CC)S(=O)(=O)c1c[nH]c(C(=O)NCCCCO)c1. The van der Waals surface area contributed by atoms with Gasteiger partial charge in [0.1, 0.15) is 10.6 Å². The Morgan fingerprint density at radius 1 is 1.33 bits per heavy atom. The van der Waals surface area contributed by atoms with E-state index >= 15 is 0 Å². The molecular weight excluding hydrogens is 294 g/mol. The molecule has 8 heteroatoms. The molecule has 0 aliphatic heterocycles. The van der Waals surface area contributed by atoms with Crippen LogP contribution in [0.25, 0.3) is 0 Å². The van der Waals surface area contributed by atoms with Crippen molar-refractivity contribution in [3.8, 4) is 0 Å². The Morgan fingerprint density at radius 2 is 2.00 bits per heavy atom. The number of nitrogens with zero attached hydrogens (tertiary/aromatic N) is 1.